The van der Waals surface area contributed by atoms with Crippen molar-refractivity contribution in [1.29, 1.82) is 0 Å². The van der Waals surface area contributed by atoms with Crippen molar-refractivity contribution >= 4 is 17.7 Å². The fourth-order valence-corrected chi connectivity index (χ4v) is 1.55. The van der Waals surface area contributed by atoms with Crippen molar-refractivity contribution in [2.24, 2.45) is 4.99 Å². The molecule has 0 unspecified atom stereocenters. The summed E-state index contributed by atoms with van der Waals surface area (Å²) in [6, 6.07) is 8.80. The number of aromatic amines is 1. The molecule has 1 aliphatic rings. The molecule has 3 rings (SSSR count). The number of fused-ring (bicyclic) bond motifs is 1. The lowest BCUT2D eigenvalue weighted by Gasteiger charge is -2.01. The Balaban J connectivity index is 2.10. The molecule has 0 aliphatic carbocycles. The van der Waals surface area contributed by atoms with E-state index in [-0.39, 0.29) is 5.56 Å². The van der Waals surface area contributed by atoms with Crippen molar-refractivity contribution in [2.75, 3.05) is 0 Å². The molecule has 5 nitrogen and oxygen atoms in total. The number of aromatic nitrogens is 2. The van der Waals surface area contributed by atoms with Crippen LogP contribution in [0.4, 0.5) is 11.4 Å². The van der Waals surface area contributed by atoms with Gasteiger partial charge in [0.05, 0.1) is 17.1 Å². The first-order chi connectivity index (χ1) is 7.83. The zero-order valence-corrected chi connectivity index (χ0v) is 8.21. The molecule has 0 amide bonds. The summed E-state index contributed by atoms with van der Waals surface area (Å²) in [5.41, 5.74) is 3.09. The summed E-state index contributed by atoms with van der Waals surface area (Å²) in [5.74, 6) is 0. The highest BCUT2D eigenvalue weighted by atomic mass is 16.1. The van der Waals surface area contributed by atoms with Crippen LogP contribution in [0.2, 0.25) is 0 Å². The smallest absolute Gasteiger partial charge is 0.264 e. The van der Waals surface area contributed by atoms with Crippen LogP contribution in [0, 0.1) is 0 Å². The Hall–Kier alpha value is -2.43. The lowest BCUT2D eigenvalue weighted by Crippen LogP contribution is -2.05. The highest BCUT2D eigenvalue weighted by molar-refractivity contribution is 5.84. The average molecular weight is 211 g/mol. The van der Waals surface area contributed by atoms with Crippen molar-refractivity contribution in [3.05, 3.63) is 40.7 Å². The minimum Gasteiger partial charge on any atom is -0.268 e. The van der Waals surface area contributed by atoms with Crippen molar-refractivity contribution in [2.45, 2.75) is 0 Å². The van der Waals surface area contributed by atoms with Crippen molar-refractivity contribution < 1.29 is 0 Å². The molecule has 0 bridgehead atoms. The molecule has 1 aromatic carbocycles. The Morgan fingerprint density at radius 3 is 2.81 bits per heavy atom. The van der Waals surface area contributed by atoms with Crippen LogP contribution in [-0.4, -0.2) is 16.5 Å². The minimum absolute atomic E-state index is 0.210. The van der Waals surface area contributed by atoms with Gasteiger partial charge in [0, 0.05) is 11.6 Å². The third-order valence-corrected chi connectivity index (χ3v) is 2.34. The second-order valence-corrected chi connectivity index (χ2v) is 3.38. The van der Waals surface area contributed by atoms with Crippen LogP contribution in [0.25, 0.3) is 11.3 Å². The van der Waals surface area contributed by atoms with Gasteiger partial charge < -0.3 is 0 Å². The van der Waals surface area contributed by atoms with E-state index < -0.39 is 0 Å². The fraction of sp³-hybridized carbons (Fsp3) is 0. The Morgan fingerprint density at radius 2 is 2.00 bits per heavy atom. The molecule has 1 radical (unpaired) electrons. The van der Waals surface area contributed by atoms with E-state index in [4.69, 9.17) is 0 Å². The average Bonchev–Trinajstić information content (AvgIpc) is 2.77. The van der Waals surface area contributed by atoms with E-state index >= 15 is 0 Å². The minimum atomic E-state index is -0.210. The second-order valence-electron chi connectivity index (χ2n) is 3.38. The maximum atomic E-state index is 10.9. The van der Waals surface area contributed by atoms with Gasteiger partial charge >= 0.3 is 0 Å². The normalized spacial score (nSPS) is 12.2. The summed E-state index contributed by atoms with van der Waals surface area (Å²) in [5, 5.41) is 10.4. The highest BCUT2D eigenvalue weighted by Gasteiger charge is 2.09. The molecule has 0 atom stereocenters. The third-order valence-electron chi connectivity index (χ3n) is 2.34. The summed E-state index contributed by atoms with van der Waals surface area (Å²) < 4.78 is 0. The van der Waals surface area contributed by atoms with Gasteiger partial charge in [-0.05, 0) is 18.2 Å². The lowest BCUT2D eigenvalue weighted by molar-refractivity contribution is 0.995. The standard InChI is InChI=1S/C11H7N4O/c16-11-4-3-8(14-15-11)7-1-2-9-10(5-7)13-6-12-9/h1-6H,(H,15,16). The number of H-pyrrole nitrogens is 1. The summed E-state index contributed by atoms with van der Waals surface area (Å²) in [4.78, 5) is 15.0. The van der Waals surface area contributed by atoms with Gasteiger partial charge in [-0.25, -0.2) is 15.4 Å². The molecular weight excluding hydrogens is 204 g/mol. The number of hydrogen-bond acceptors (Lipinski definition) is 3. The number of hydrogen-bond donors (Lipinski definition) is 1. The van der Waals surface area contributed by atoms with Crippen LogP contribution in [0.5, 0.6) is 0 Å². The van der Waals surface area contributed by atoms with Gasteiger partial charge in [-0.3, -0.25) is 4.79 Å². The highest BCUT2D eigenvalue weighted by Crippen LogP contribution is 2.32. The zero-order valence-electron chi connectivity index (χ0n) is 8.21. The van der Waals surface area contributed by atoms with E-state index in [1.807, 2.05) is 18.2 Å². The molecule has 2 heterocycles. The summed E-state index contributed by atoms with van der Waals surface area (Å²) in [6.45, 7) is 0. The molecule has 16 heavy (non-hydrogen) atoms. The Morgan fingerprint density at radius 1 is 1.06 bits per heavy atom. The Bertz CT molecular complexity index is 610. The van der Waals surface area contributed by atoms with E-state index in [0.717, 1.165) is 16.9 Å². The first kappa shape index (κ1) is 8.84. The molecule has 1 aliphatic heterocycles. The zero-order chi connectivity index (χ0) is 11.0. The number of nitrogens with one attached hydrogen (secondary N) is 1. The van der Waals surface area contributed by atoms with E-state index in [9.17, 15) is 4.79 Å². The van der Waals surface area contributed by atoms with Gasteiger partial charge in [0.15, 0.2) is 0 Å². The van der Waals surface area contributed by atoms with Crippen LogP contribution in [-0.2, 0) is 0 Å². The molecule has 77 valence electrons. The number of nitrogens with zero attached hydrogens (tertiary/aromatic N) is 3. The quantitative estimate of drug-likeness (QED) is 0.773. The molecule has 0 fully saturated rings. The molecule has 1 aromatic heterocycles. The van der Waals surface area contributed by atoms with E-state index in [0.29, 0.717) is 5.69 Å². The largest absolute Gasteiger partial charge is 0.268 e. The van der Waals surface area contributed by atoms with Gasteiger partial charge in [-0.15, -0.1) is 0 Å². The predicted molar refractivity (Wildman–Crippen MR) is 60.2 cm³/mol. The first-order valence-corrected chi connectivity index (χ1v) is 4.76. The van der Waals surface area contributed by atoms with Gasteiger partial charge in [-0.2, -0.15) is 5.10 Å². The molecule has 2 aromatic rings. The molecule has 0 saturated heterocycles. The van der Waals surface area contributed by atoms with Crippen LogP contribution in [0.1, 0.15) is 0 Å². The number of rotatable bonds is 1. The van der Waals surface area contributed by atoms with Crippen LogP contribution < -0.4 is 10.9 Å². The van der Waals surface area contributed by atoms with Crippen LogP contribution in [0.3, 0.4) is 0 Å². The van der Waals surface area contributed by atoms with Gasteiger partial charge in [0.2, 0.25) is 0 Å². The Labute approximate surface area is 90.9 Å². The second kappa shape index (κ2) is 3.30. The van der Waals surface area contributed by atoms with Gasteiger partial charge in [0.25, 0.3) is 5.56 Å². The van der Waals surface area contributed by atoms with E-state index in [1.54, 1.807) is 6.07 Å². The maximum absolute atomic E-state index is 10.9. The molecular formula is C11H7N4O. The number of benzene rings is 1. The fourth-order valence-electron chi connectivity index (χ4n) is 1.55. The Kier molecular flexibility index (Phi) is 1.83. The maximum Gasteiger partial charge on any atom is 0.264 e. The summed E-state index contributed by atoms with van der Waals surface area (Å²) in [6.07, 6.45) is 1.52. The predicted octanol–water partition coefficient (Wildman–Crippen LogP) is 1.35. The monoisotopic (exact) mass is 211 g/mol. The SMILES string of the molecule is O=c1ccc(-c2ccc3c(c2)N=C[N]3)n[nH]1. The lowest BCUT2D eigenvalue weighted by atomic mass is 10.1. The van der Waals surface area contributed by atoms with Gasteiger partial charge in [-0.1, -0.05) is 6.07 Å². The van der Waals surface area contributed by atoms with Crippen LogP contribution >= 0.6 is 0 Å². The molecule has 0 saturated carbocycles. The summed E-state index contributed by atoms with van der Waals surface area (Å²) in [7, 11) is 0. The topological polar surface area (TPSA) is 72.2 Å². The molecule has 0 spiro atoms. The number of aliphatic imine (C=N–C) groups is 1. The molecule has 5 heteroatoms. The van der Waals surface area contributed by atoms with E-state index in [1.165, 1.54) is 12.4 Å². The van der Waals surface area contributed by atoms with Crippen LogP contribution in [0.15, 0.2) is 40.1 Å². The summed E-state index contributed by atoms with van der Waals surface area (Å²) >= 11 is 0. The molecule has 1 N–H and O–H groups in total. The first-order valence-electron chi connectivity index (χ1n) is 4.76. The van der Waals surface area contributed by atoms with Gasteiger partial charge in [0.1, 0.15) is 6.34 Å². The van der Waals surface area contributed by atoms with Crippen molar-refractivity contribution in [3.8, 4) is 11.3 Å². The van der Waals surface area contributed by atoms with Crippen molar-refractivity contribution in [3.63, 3.8) is 0 Å². The van der Waals surface area contributed by atoms with Crippen molar-refractivity contribution in [1.82, 2.24) is 15.5 Å². The third kappa shape index (κ3) is 1.38. The van der Waals surface area contributed by atoms with E-state index in [2.05, 4.69) is 20.5 Å².